The van der Waals surface area contributed by atoms with Crippen LogP contribution >= 0.6 is 15.9 Å². The van der Waals surface area contributed by atoms with Crippen LogP contribution in [0.15, 0.2) is 48.5 Å². The SMILES string of the molecule is CC(C)OC(=O)C(Br)CCCCN1C(=O)c2ccccc2C1=O.O=C(O)CCCCCN1C(=O)c2ccccc2C1=O. The molecule has 4 amide bonds. The summed E-state index contributed by atoms with van der Waals surface area (Å²) in [7, 11) is 0. The fourth-order valence-corrected chi connectivity index (χ4v) is 5.06. The molecule has 224 valence electrons. The number of carbonyl (C=O) groups excluding carboxylic acids is 5. The van der Waals surface area contributed by atoms with E-state index in [0.717, 1.165) is 6.42 Å². The summed E-state index contributed by atoms with van der Waals surface area (Å²) >= 11 is 3.31. The van der Waals surface area contributed by atoms with Crippen LogP contribution in [0.25, 0.3) is 0 Å². The van der Waals surface area contributed by atoms with E-state index in [4.69, 9.17) is 9.84 Å². The van der Waals surface area contributed by atoms with Crippen molar-refractivity contribution in [1.29, 1.82) is 0 Å². The van der Waals surface area contributed by atoms with Crippen LogP contribution in [0.2, 0.25) is 0 Å². The molecule has 1 unspecified atom stereocenters. The summed E-state index contributed by atoms with van der Waals surface area (Å²) in [6.45, 7) is 4.33. The Morgan fingerprint density at radius 3 is 1.50 bits per heavy atom. The molecular weight excluding hydrogens is 608 g/mol. The van der Waals surface area contributed by atoms with Crippen LogP contribution in [-0.2, 0) is 14.3 Å². The Labute approximate surface area is 253 Å². The van der Waals surface area contributed by atoms with Crippen molar-refractivity contribution in [2.75, 3.05) is 13.1 Å². The number of esters is 1. The van der Waals surface area contributed by atoms with Crippen molar-refractivity contribution in [3.63, 3.8) is 0 Å². The van der Waals surface area contributed by atoms with Gasteiger partial charge in [0.1, 0.15) is 4.83 Å². The van der Waals surface area contributed by atoms with Gasteiger partial charge in [-0.2, -0.15) is 0 Å². The lowest BCUT2D eigenvalue weighted by Gasteiger charge is -2.15. The monoisotopic (exact) mass is 642 g/mol. The normalized spacial score (nSPS) is 14.5. The van der Waals surface area contributed by atoms with Crippen LogP contribution < -0.4 is 0 Å². The Balaban J connectivity index is 0.000000235. The van der Waals surface area contributed by atoms with E-state index < -0.39 is 5.97 Å². The molecule has 42 heavy (non-hydrogen) atoms. The molecule has 0 radical (unpaired) electrons. The van der Waals surface area contributed by atoms with Crippen molar-refractivity contribution in [2.45, 2.75) is 69.7 Å². The summed E-state index contributed by atoms with van der Waals surface area (Å²) in [6.07, 6.45) is 3.87. The van der Waals surface area contributed by atoms with Gasteiger partial charge in [0.25, 0.3) is 23.6 Å². The molecule has 2 aromatic rings. The van der Waals surface area contributed by atoms with Crippen LogP contribution in [0.1, 0.15) is 100 Å². The Bertz CT molecular complexity index is 1270. The number of ether oxygens (including phenoxy) is 1. The number of fused-ring (bicyclic) bond motifs is 2. The zero-order chi connectivity index (χ0) is 30.8. The van der Waals surface area contributed by atoms with Gasteiger partial charge in [-0.3, -0.25) is 38.6 Å². The molecule has 0 spiro atoms. The molecule has 0 bridgehead atoms. The summed E-state index contributed by atoms with van der Waals surface area (Å²) in [6, 6.07) is 13.6. The predicted octanol–water partition coefficient (Wildman–Crippen LogP) is 5.10. The number of benzene rings is 2. The van der Waals surface area contributed by atoms with Gasteiger partial charge in [-0.1, -0.05) is 46.6 Å². The van der Waals surface area contributed by atoms with E-state index in [-0.39, 0.29) is 46.9 Å². The largest absolute Gasteiger partial charge is 0.481 e. The molecule has 2 heterocycles. The lowest BCUT2D eigenvalue weighted by Crippen LogP contribution is -2.30. The maximum absolute atomic E-state index is 12.2. The first kappa shape index (κ1) is 32.7. The van der Waals surface area contributed by atoms with Crippen molar-refractivity contribution in [2.24, 2.45) is 0 Å². The second kappa shape index (κ2) is 15.4. The zero-order valence-electron chi connectivity index (χ0n) is 23.7. The molecule has 4 rings (SSSR count). The Morgan fingerprint density at radius 2 is 1.12 bits per heavy atom. The first-order chi connectivity index (χ1) is 20.0. The summed E-state index contributed by atoms with van der Waals surface area (Å²) in [5.74, 6) is -2.07. The summed E-state index contributed by atoms with van der Waals surface area (Å²) in [5.41, 5.74) is 1.85. The molecule has 0 fully saturated rings. The molecule has 11 heteroatoms. The third-order valence-electron chi connectivity index (χ3n) is 6.73. The van der Waals surface area contributed by atoms with Crippen LogP contribution in [0.4, 0.5) is 0 Å². The van der Waals surface area contributed by atoms with Gasteiger partial charge in [0.2, 0.25) is 0 Å². The van der Waals surface area contributed by atoms with E-state index in [1.807, 2.05) is 0 Å². The van der Waals surface area contributed by atoms with E-state index in [9.17, 15) is 28.8 Å². The number of alkyl halides is 1. The number of rotatable bonds is 13. The van der Waals surface area contributed by atoms with E-state index in [0.29, 0.717) is 67.4 Å². The smallest absolute Gasteiger partial charge is 0.319 e. The average molecular weight is 644 g/mol. The quantitative estimate of drug-likeness (QED) is 0.138. The van der Waals surface area contributed by atoms with Crippen molar-refractivity contribution >= 4 is 51.5 Å². The molecule has 1 atom stereocenters. The molecule has 2 aliphatic rings. The number of unbranched alkanes of at least 4 members (excludes halogenated alkanes) is 3. The number of carboxylic acid groups (broad SMARTS) is 1. The Morgan fingerprint density at radius 1 is 0.714 bits per heavy atom. The van der Waals surface area contributed by atoms with Crippen LogP contribution in [-0.4, -0.2) is 74.5 Å². The molecule has 0 aromatic heterocycles. The van der Waals surface area contributed by atoms with Gasteiger partial charge in [-0.25, -0.2) is 0 Å². The first-order valence-electron chi connectivity index (χ1n) is 14.0. The predicted molar refractivity (Wildman–Crippen MR) is 158 cm³/mol. The molecule has 2 aromatic carbocycles. The van der Waals surface area contributed by atoms with Crippen molar-refractivity contribution in [1.82, 2.24) is 9.80 Å². The highest BCUT2D eigenvalue weighted by molar-refractivity contribution is 9.10. The van der Waals surface area contributed by atoms with Gasteiger partial charge in [0.15, 0.2) is 0 Å². The number of hydrogen-bond donors (Lipinski definition) is 1. The van der Waals surface area contributed by atoms with Gasteiger partial charge >= 0.3 is 11.9 Å². The Hall–Kier alpha value is -3.86. The van der Waals surface area contributed by atoms with Crippen LogP contribution in [0.3, 0.4) is 0 Å². The van der Waals surface area contributed by atoms with Crippen LogP contribution in [0, 0.1) is 0 Å². The number of halogens is 1. The lowest BCUT2D eigenvalue weighted by molar-refractivity contribution is -0.146. The maximum atomic E-state index is 12.2. The van der Waals surface area contributed by atoms with Crippen molar-refractivity contribution in [3.8, 4) is 0 Å². The number of hydrogen-bond acceptors (Lipinski definition) is 7. The number of nitrogens with zero attached hydrogens (tertiary/aromatic N) is 2. The molecule has 0 saturated carbocycles. The number of aliphatic carboxylic acids is 1. The van der Waals surface area contributed by atoms with Gasteiger partial charge in [0, 0.05) is 19.5 Å². The third kappa shape index (κ3) is 8.34. The van der Waals surface area contributed by atoms with Crippen LogP contribution in [0.5, 0.6) is 0 Å². The third-order valence-corrected chi connectivity index (χ3v) is 7.56. The molecule has 0 saturated heterocycles. The molecule has 0 aliphatic carbocycles. The van der Waals surface area contributed by atoms with E-state index in [1.54, 1.807) is 62.4 Å². The summed E-state index contributed by atoms with van der Waals surface area (Å²) in [5, 5.41) is 8.51. The second-order valence-electron chi connectivity index (χ2n) is 10.3. The minimum absolute atomic E-state index is 0.127. The summed E-state index contributed by atoms with van der Waals surface area (Å²) < 4.78 is 5.11. The maximum Gasteiger partial charge on any atom is 0.319 e. The molecular formula is C31H35BrN2O8. The topological polar surface area (TPSA) is 138 Å². The fourth-order valence-electron chi connectivity index (χ4n) is 4.62. The molecule has 1 N–H and O–H groups in total. The first-order valence-corrected chi connectivity index (χ1v) is 14.9. The van der Waals surface area contributed by atoms with Crippen molar-refractivity contribution in [3.05, 3.63) is 70.8 Å². The minimum Gasteiger partial charge on any atom is -0.481 e. The highest BCUT2D eigenvalue weighted by Gasteiger charge is 2.35. The number of carbonyl (C=O) groups is 6. The van der Waals surface area contributed by atoms with Gasteiger partial charge in [-0.05, 0) is 70.2 Å². The molecule has 2 aliphatic heterocycles. The highest BCUT2D eigenvalue weighted by Crippen LogP contribution is 2.24. The van der Waals surface area contributed by atoms with Gasteiger partial charge in [0.05, 0.1) is 28.4 Å². The average Bonchev–Trinajstić information content (AvgIpc) is 3.35. The van der Waals surface area contributed by atoms with E-state index in [1.165, 1.54) is 9.80 Å². The lowest BCUT2D eigenvalue weighted by atomic mass is 10.1. The highest BCUT2D eigenvalue weighted by atomic mass is 79.9. The van der Waals surface area contributed by atoms with Crippen molar-refractivity contribution < 1.29 is 38.6 Å². The van der Waals surface area contributed by atoms with Gasteiger partial charge in [-0.15, -0.1) is 0 Å². The number of carboxylic acids is 1. The minimum atomic E-state index is -0.819. The number of amides is 4. The van der Waals surface area contributed by atoms with E-state index in [2.05, 4.69) is 15.9 Å². The van der Waals surface area contributed by atoms with E-state index >= 15 is 0 Å². The molecule has 10 nitrogen and oxygen atoms in total. The van der Waals surface area contributed by atoms with Gasteiger partial charge < -0.3 is 9.84 Å². The standard InChI is InChI=1S/C17H20BrNO4.C14H15NO4/c1-11(2)23-17(22)14(18)9-5-6-10-19-15(20)12-7-3-4-8-13(12)16(19)21;16-12(17)8-2-1-5-9-15-13(18)10-6-3-4-7-11(10)14(15)19/h3-4,7-8,11,14H,5-6,9-10H2,1-2H3;3-4,6-7H,1-2,5,8-9H2,(H,16,17). The summed E-state index contributed by atoms with van der Waals surface area (Å²) in [4.78, 5) is 72.5. The second-order valence-corrected chi connectivity index (χ2v) is 11.4. The fraction of sp³-hybridized carbons (Fsp3) is 0.419. The number of imide groups is 2. The zero-order valence-corrected chi connectivity index (χ0v) is 25.3. The Kier molecular flexibility index (Phi) is 12.0.